The Kier molecular flexibility index (Phi) is 5.79. The van der Waals surface area contributed by atoms with Gasteiger partial charge in [0, 0.05) is 10.4 Å². The van der Waals surface area contributed by atoms with Crippen LogP contribution in [0, 0.1) is 29.6 Å². The van der Waals surface area contributed by atoms with Gasteiger partial charge in [-0.15, -0.1) is 11.3 Å². The van der Waals surface area contributed by atoms with Crippen molar-refractivity contribution < 1.29 is 14.3 Å². The van der Waals surface area contributed by atoms with Crippen LogP contribution < -0.4 is 0 Å². The number of hydrogen-bond donors (Lipinski definition) is 1. The standard InChI is InChI=1S/C26H26N2O3S/c1-15-5-6-16(25(29)30)11-20(15)22-10-8-18(31-22)14-28-24-21(13-27)19-9-7-17(26(2,3)4)12-23(19)32-24/h5-6,8,10-11,14,17H,7,9,12H2,1-4H3,(H,29,30)/t17-/m0/s1. The Labute approximate surface area is 192 Å². The molecular weight excluding hydrogens is 420 g/mol. The summed E-state index contributed by atoms with van der Waals surface area (Å²) in [4.78, 5) is 17.2. The molecule has 0 saturated heterocycles. The van der Waals surface area contributed by atoms with Crippen LogP contribution in [0.3, 0.4) is 0 Å². The van der Waals surface area contributed by atoms with Crippen molar-refractivity contribution in [1.29, 1.82) is 5.26 Å². The van der Waals surface area contributed by atoms with Gasteiger partial charge in [-0.2, -0.15) is 5.26 Å². The van der Waals surface area contributed by atoms with Gasteiger partial charge in [0.2, 0.25) is 0 Å². The van der Waals surface area contributed by atoms with Crippen molar-refractivity contribution in [3.63, 3.8) is 0 Å². The van der Waals surface area contributed by atoms with E-state index in [9.17, 15) is 15.2 Å². The van der Waals surface area contributed by atoms with Crippen LogP contribution >= 0.6 is 11.3 Å². The molecule has 3 aromatic rings. The van der Waals surface area contributed by atoms with Crippen LogP contribution in [0.4, 0.5) is 5.00 Å². The monoisotopic (exact) mass is 446 g/mol. The zero-order valence-corrected chi connectivity index (χ0v) is 19.5. The van der Waals surface area contributed by atoms with E-state index in [1.165, 1.54) is 4.88 Å². The summed E-state index contributed by atoms with van der Waals surface area (Å²) < 4.78 is 5.92. The number of aryl methyl sites for hydroxylation is 1. The van der Waals surface area contributed by atoms with Gasteiger partial charge < -0.3 is 9.52 Å². The van der Waals surface area contributed by atoms with Crippen LogP contribution in [0.25, 0.3) is 11.3 Å². The largest absolute Gasteiger partial charge is 0.478 e. The summed E-state index contributed by atoms with van der Waals surface area (Å²) >= 11 is 1.61. The van der Waals surface area contributed by atoms with Gasteiger partial charge in [-0.3, -0.25) is 0 Å². The molecule has 0 radical (unpaired) electrons. The third-order valence-electron chi connectivity index (χ3n) is 6.27. The van der Waals surface area contributed by atoms with Gasteiger partial charge in [-0.05, 0) is 72.9 Å². The average Bonchev–Trinajstić information content (AvgIpc) is 3.35. The number of hydrogen-bond acceptors (Lipinski definition) is 5. The van der Waals surface area contributed by atoms with Crippen LogP contribution in [-0.4, -0.2) is 17.3 Å². The maximum absolute atomic E-state index is 11.3. The Hall–Kier alpha value is -3.17. The van der Waals surface area contributed by atoms with Crippen molar-refractivity contribution in [3.05, 3.63) is 63.2 Å². The van der Waals surface area contributed by atoms with E-state index in [-0.39, 0.29) is 11.0 Å². The number of carboxylic acids is 1. The summed E-state index contributed by atoms with van der Waals surface area (Å²) in [6, 6.07) is 10.9. The first-order chi connectivity index (χ1) is 15.2. The quantitative estimate of drug-likeness (QED) is 0.447. The molecule has 0 amide bonds. The molecule has 1 atom stereocenters. The fourth-order valence-corrected chi connectivity index (χ4v) is 5.45. The van der Waals surface area contributed by atoms with Gasteiger partial charge in [0.1, 0.15) is 22.6 Å². The van der Waals surface area contributed by atoms with E-state index in [1.54, 1.807) is 41.8 Å². The smallest absolute Gasteiger partial charge is 0.335 e. The molecule has 32 heavy (non-hydrogen) atoms. The molecule has 5 nitrogen and oxygen atoms in total. The minimum Gasteiger partial charge on any atom is -0.478 e. The van der Waals surface area contributed by atoms with Crippen molar-refractivity contribution in [2.75, 3.05) is 0 Å². The summed E-state index contributed by atoms with van der Waals surface area (Å²) in [5.41, 5.74) is 3.98. The maximum Gasteiger partial charge on any atom is 0.335 e. The lowest BCUT2D eigenvalue weighted by atomic mass is 9.72. The van der Waals surface area contributed by atoms with Gasteiger partial charge in [0.05, 0.1) is 17.3 Å². The second kappa shape index (κ2) is 8.40. The Balaban J connectivity index is 1.60. The number of furan rings is 1. The topological polar surface area (TPSA) is 86.6 Å². The van der Waals surface area contributed by atoms with E-state index >= 15 is 0 Å². The van der Waals surface area contributed by atoms with E-state index in [1.807, 2.05) is 13.0 Å². The Morgan fingerprint density at radius 1 is 1.31 bits per heavy atom. The van der Waals surface area contributed by atoms with E-state index in [0.29, 0.717) is 23.0 Å². The molecule has 1 aliphatic carbocycles. The second-order valence-corrected chi connectivity index (χ2v) is 10.5. The summed E-state index contributed by atoms with van der Waals surface area (Å²) in [5.74, 6) is 0.780. The van der Waals surface area contributed by atoms with Crippen molar-refractivity contribution >= 4 is 28.5 Å². The SMILES string of the molecule is Cc1ccc(C(=O)O)cc1-c1ccc(C=Nc2sc3c(c2C#N)CC[C@H](C(C)(C)C)C3)o1. The van der Waals surface area contributed by atoms with Gasteiger partial charge in [-0.25, -0.2) is 9.79 Å². The van der Waals surface area contributed by atoms with E-state index in [0.717, 1.165) is 41.0 Å². The molecule has 6 heteroatoms. The van der Waals surface area contributed by atoms with Gasteiger partial charge in [-0.1, -0.05) is 26.8 Å². The normalized spacial score (nSPS) is 16.2. The van der Waals surface area contributed by atoms with Crippen molar-refractivity contribution in [1.82, 2.24) is 0 Å². The predicted molar refractivity (Wildman–Crippen MR) is 127 cm³/mol. The summed E-state index contributed by atoms with van der Waals surface area (Å²) in [6.07, 6.45) is 4.66. The molecule has 0 spiro atoms. The number of nitrogens with zero attached hydrogens (tertiary/aromatic N) is 2. The molecule has 0 unspecified atom stereocenters. The molecule has 1 aliphatic rings. The van der Waals surface area contributed by atoms with Crippen LogP contribution in [0.1, 0.15) is 64.9 Å². The van der Waals surface area contributed by atoms with Crippen molar-refractivity contribution in [2.45, 2.75) is 47.0 Å². The highest BCUT2D eigenvalue weighted by Crippen LogP contribution is 2.44. The average molecular weight is 447 g/mol. The molecule has 1 aromatic carbocycles. The van der Waals surface area contributed by atoms with Crippen molar-refractivity contribution in [2.24, 2.45) is 16.3 Å². The molecule has 1 N–H and O–H groups in total. The molecule has 2 aromatic heterocycles. The minimum atomic E-state index is -0.973. The fourth-order valence-electron chi connectivity index (χ4n) is 4.23. The second-order valence-electron chi connectivity index (χ2n) is 9.40. The molecule has 0 bridgehead atoms. The molecule has 0 fully saturated rings. The highest BCUT2D eigenvalue weighted by Gasteiger charge is 2.32. The van der Waals surface area contributed by atoms with Gasteiger partial charge >= 0.3 is 5.97 Å². The zero-order valence-electron chi connectivity index (χ0n) is 18.7. The Bertz CT molecular complexity index is 1250. The molecular formula is C26H26N2O3S. The van der Waals surface area contributed by atoms with Crippen molar-refractivity contribution in [3.8, 4) is 17.4 Å². The number of thiophene rings is 1. The van der Waals surface area contributed by atoms with E-state index in [4.69, 9.17) is 4.42 Å². The number of nitriles is 1. The van der Waals surface area contributed by atoms with Crippen LogP contribution in [-0.2, 0) is 12.8 Å². The molecule has 0 saturated carbocycles. The first-order valence-electron chi connectivity index (χ1n) is 10.7. The highest BCUT2D eigenvalue weighted by atomic mass is 32.1. The van der Waals surface area contributed by atoms with E-state index in [2.05, 4.69) is 31.8 Å². The first kappa shape index (κ1) is 22.0. The third-order valence-corrected chi connectivity index (χ3v) is 7.43. The number of carbonyl (C=O) groups is 1. The lowest BCUT2D eigenvalue weighted by molar-refractivity contribution is 0.0697. The fraction of sp³-hybridized carbons (Fsp3) is 0.346. The zero-order chi connectivity index (χ0) is 23.0. The van der Waals surface area contributed by atoms with E-state index < -0.39 is 5.97 Å². The number of aromatic carboxylic acids is 1. The molecule has 2 heterocycles. The van der Waals surface area contributed by atoms with Crippen LogP contribution in [0.15, 0.2) is 39.7 Å². The molecule has 0 aliphatic heterocycles. The Morgan fingerprint density at radius 3 is 2.78 bits per heavy atom. The minimum absolute atomic E-state index is 0.216. The molecule has 4 rings (SSSR count). The number of carboxylic acid groups (broad SMARTS) is 1. The Morgan fingerprint density at radius 2 is 2.09 bits per heavy atom. The molecule has 164 valence electrons. The van der Waals surface area contributed by atoms with Crippen LogP contribution in [0.2, 0.25) is 0 Å². The summed E-state index contributed by atoms with van der Waals surface area (Å²) in [6.45, 7) is 8.76. The predicted octanol–water partition coefficient (Wildman–Crippen LogP) is 6.79. The first-order valence-corrected chi connectivity index (χ1v) is 11.5. The lowest BCUT2D eigenvalue weighted by Crippen LogP contribution is -2.26. The number of rotatable bonds is 4. The summed E-state index contributed by atoms with van der Waals surface area (Å²) in [5, 5.41) is 19.7. The maximum atomic E-state index is 11.3. The number of aliphatic imine (C=N–C) groups is 1. The lowest BCUT2D eigenvalue weighted by Gasteiger charge is -2.33. The number of fused-ring (bicyclic) bond motifs is 1. The van der Waals surface area contributed by atoms with Gasteiger partial charge in [0.15, 0.2) is 0 Å². The third kappa shape index (κ3) is 4.26. The highest BCUT2D eigenvalue weighted by molar-refractivity contribution is 7.16. The number of benzene rings is 1. The summed E-state index contributed by atoms with van der Waals surface area (Å²) in [7, 11) is 0. The van der Waals surface area contributed by atoms with Crippen LogP contribution in [0.5, 0.6) is 0 Å². The van der Waals surface area contributed by atoms with Gasteiger partial charge in [0.25, 0.3) is 0 Å².